The summed E-state index contributed by atoms with van der Waals surface area (Å²) >= 11 is 0. The Balaban J connectivity index is 1.79. The lowest BCUT2D eigenvalue weighted by Gasteiger charge is -2.15. The molecule has 0 radical (unpaired) electrons. The number of hydrogen-bond acceptors (Lipinski definition) is 3. The number of nitrogens with one attached hydrogen (secondary N) is 1. The summed E-state index contributed by atoms with van der Waals surface area (Å²) in [5.74, 6) is -0.776. The van der Waals surface area contributed by atoms with Gasteiger partial charge < -0.3 is 10.4 Å². The van der Waals surface area contributed by atoms with Crippen molar-refractivity contribution in [1.82, 2.24) is 10.2 Å². The summed E-state index contributed by atoms with van der Waals surface area (Å²) in [6.45, 7) is 1.69. The Morgan fingerprint density at radius 3 is 2.74 bits per heavy atom. The average molecular weight is 262 g/mol. The van der Waals surface area contributed by atoms with Crippen LogP contribution in [0.2, 0.25) is 0 Å². The normalized spacial score (nSPS) is 19.3. The number of carboxylic acids is 1. The van der Waals surface area contributed by atoms with E-state index in [1.807, 2.05) is 18.2 Å². The third-order valence-corrected chi connectivity index (χ3v) is 3.35. The molecule has 2 rings (SSSR count). The van der Waals surface area contributed by atoms with E-state index in [4.69, 9.17) is 5.11 Å². The van der Waals surface area contributed by atoms with Crippen molar-refractivity contribution < 1.29 is 14.7 Å². The molecule has 1 amide bonds. The number of nitrogens with zero attached hydrogens (tertiary/aromatic N) is 1. The van der Waals surface area contributed by atoms with Gasteiger partial charge in [0.2, 0.25) is 5.91 Å². The highest BCUT2D eigenvalue weighted by atomic mass is 16.4. The zero-order valence-electron chi connectivity index (χ0n) is 10.7. The van der Waals surface area contributed by atoms with Crippen LogP contribution in [0, 0.1) is 0 Å². The van der Waals surface area contributed by atoms with Crippen LogP contribution in [0.1, 0.15) is 17.9 Å². The number of amides is 1. The fraction of sp³-hybridized carbons (Fsp3) is 0.429. The van der Waals surface area contributed by atoms with Gasteiger partial charge >= 0.3 is 5.97 Å². The molecule has 0 bridgehead atoms. The Morgan fingerprint density at radius 1 is 1.32 bits per heavy atom. The zero-order chi connectivity index (χ0) is 13.7. The molecule has 5 heteroatoms. The van der Waals surface area contributed by atoms with Crippen molar-refractivity contribution in [1.29, 1.82) is 0 Å². The fourth-order valence-electron chi connectivity index (χ4n) is 2.41. The molecule has 2 N–H and O–H groups in total. The van der Waals surface area contributed by atoms with Crippen molar-refractivity contribution in [3.8, 4) is 0 Å². The van der Waals surface area contributed by atoms with Gasteiger partial charge in [-0.25, -0.2) is 0 Å². The van der Waals surface area contributed by atoms with E-state index >= 15 is 0 Å². The second kappa shape index (κ2) is 6.33. The fourth-order valence-corrected chi connectivity index (χ4v) is 2.41. The Bertz CT molecular complexity index is 447. The van der Waals surface area contributed by atoms with Gasteiger partial charge in [0.05, 0.1) is 6.54 Å². The van der Waals surface area contributed by atoms with Crippen LogP contribution in [0.4, 0.5) is 0 Å². The van der Waals surface area contributed by atoms with Crippen LogP contribution in [0.5, 0.6) is 0 Å². The third-order valence-electron chi connectivity index (χ3n) is 3.35. The molecule has 0 saturated carbocycles. The highest BCUT2D eigenvalue weighted by Crippen LogP contribution is 2.26. The van der Waals surface area contributed by atoms with Crippen LogP contribution in [0.25, 0.3) is 0 Å². The smallest absolute Gasteiger partial charge is 0.322 e. The summed E-state index contributed by atoms with van der Waals surface area (Å²) < 4.78 is 0. The monoisotopic (exact) mass is 262 g/mol. The lowest BCUT2D eigenvalue weighted by molar-refractivity contribution is -0.138. The van der Waals surface area contributed by atoms with Gasteiger partial charge in [0.15, 0.2) is 0 Å². The minimum Gasteiger partial charge on any atom is -0.480 e. The highest BCUT2D eigenvalue weighted by molar-refractivity contribution is 5.82. The molecule has 1 unspecified atom stereocenters. The van der Waals surface area contributed by atoms with E-state index in [0.717, 1.165) is 19.5 Å². The van der Waals surface area contributed by atoms with Gasteiger partial charge in [-0.05, 0) is 24.4 Å². The maximum Gasteiger partial charge on any atom is 0.322 e. The first-order chi connectivity index (χ1) is 9.15. The standard InChI is InChI=1S/C14H18N2O3/c17-13(15-8-14(18)19)10-16-7-6-12(9-16)11-4-2-1-3-5-11/h1-5,12H,6-10H2,(H,15,17)(H,18,19). The Kier molecular flexibility index (Phi) is 4.52. The van der Waals surface area contributed by atoms with E-state index in [2.05, 4.69) is 22.3 Å². The molecule has 1 aromatic carbocycles. The van der Waals surface area contributed by atoms with Gasteiger partial charge in [0.25, 0.3) is 0 Å². The second-order valence-electron chi connectivity index (χ2n) is 4.80. The van der Waals surface area contributed by atoms with Gasteiger partial charge in [0, 0.05) is 6.54 Å². The summed E-state index contributed by atoms with van der Waals surface area (Å²) in [5, 5.41) is 10.9. The van der Waals surface area contributed by atoms with Crippen molar-refractivity contribution in [3.05, 3.63) is 35.9 Å². The van der Waals surface area contributed by atoms with Gasteiger partial charge in [-0.15, -0.1) is 0 Å². The van der Waals surface area contributed by atoms with Gasteiger partial charge in [-0.1, -0.05) is 30.3 Å². The van der Waals surface area contributed by atoms with Crippen molar-refractivity contribution in [2.24, 2.45) is 0 Å². The Morgan fingerprint density at radius 2 is 2.05 bits per heavy atom. The van der Waals surface area contributed by atoms with Crippen LogP contribution >= 0.6 is 0 Å². The predicted octanol–water partition coefficient (Wildman–Crippen LogP) is 0.677. The van der Waals surface area contributed by atoms with Crippen molar-refractivity contribution in [2.45, 2.75) is 12.3 Å². The molecule has 102 valence electrons. The molecular weight excluding hydrogens is 244 g/mol. The molecule has 19 heavy (non-hydrogen) atoms. The third kappa shape index (κ3) is 4.06. The average Bonchev–Trinajstić information content (AvgIpc) is 2.86. The number of carbonyl (C=O) groups is 2. The molecule has 1 aromatic rings. The molecule has 0 spiro atoms. The van der Waals surface area contributed by atoms with Crippen molar-refractivity contribution >= 4 is 11.9 Å². The number of benzene rings is 1. The summed E-state index contributed by atoms with van der Waals surface area (Å²) in [5.41, 5.74) is 1.30. The lowest BCUT2D eigenvalue weighted by Crippen LogP contribution is -2.38. The summed E-state index contributed by atoms with van der Waals surface area (Å²) in [6, 6.07) is 10.3. The second-order valence-corrected chi connectivity index (χ2v) is 4.80. The minimum atomic E-state index is -1.02. The van der Waals surface area contributed by atoms with Crippen molar-refractivity contribution in [3.63, 3.8) is 0 Å². The SMILES string of the molecule is O=C(O)CNC(=O)CN1CCC(c2ccccc2)C1. The quantitative estimate of drug-likeness (QED) is 0.818. The largest absolute Gasteiger partial charge is 0.480 e. The zero-order valence-corrected chi connectivity index (χ0v) is 10.7. The first kappa shape index (κ1) is 13.5. The summed E-state index contributed by atoms with van der Waals surface area (Å²) in [7, 11) is 0. The van der Waals surface area contributed by atoms with Gasteiger partial charge in [0.1, 0.15) is 6.54 Å². The Hall–Kier alpha value is -1.88. The molecule has 1 aliphatic heterocycles. The topological polar surface area (TPSA) is 69.6 Å². The summed E-state index contributed by atoms with van der Waals surface area (Å²) in [6.07, 6.45) is 1.04. The molecule has 0 aromatic heterocycles. The summed E-state index contributed by atoms with van der Waals surface area (Å²) in [4.78, 5) is 23.9. The molecule has 5 nitrogen and oxygen atoms in total. The van der Waals surface area contributed by atoms with Crippen LogP contribution in [0.3, 0.4) is 0 Å². The molecule has 1 fully saturated rings. The van der Waals surface area contributed by atoms with E-state index in [9.17, 15) is 9.59 Å². The van der Waals surface area contributed by atoms with E-state index in [1.165, 1.54) is 5.56 Å². The molecule has 0 aliphatic carbocycles. The first-order valence-corrected chi connectivity index (χ1v) is 6.41. The maximum absolute atomic E-state index is 11.5. The molecular formula is C14H18N2O3. The van der Waals surface area contributed by atoms with E-state index in [-0.39, 0.29) is 19.0 Å². The first-order valence-electron chi connectivity index (χ1n) is 6.41. The lowest BCUT2D eigenvalue weighted by atomic mass is 9.99. The van der Waals surface area contributed by atoms with Crippen LogP contribution < -0.4 is 5.32 Å². The number of carboxylic acid groups (broad SMARTS) is 1. The highest BCUT2D eigenvalue weighted by Gasteiger charge is 2.24. The van der Waals surface area contributed by atoms with Gasteiger partial charge in [-0.3, -0.25) is 14.5 Å². The van der Waals surface area contributed by atoms with E-state index in [0.29, 0.717) is 5.92 Å². The van der Waals surface area contributed by atoms with Crippen LogP contribution in [0.15, 0.2) is 30.3 Å². The van der Waals surface area contributed by atoms with Gasteiger partial charge in [-0.2, -0.15) is 0 Å². The van der Waals surface area contributed by atoms with Crippen molar-refractivity contribution in [2.75, 3.05) is 26.2 Å². The molecule has 1 heterocycles. The maximum atomic E-state index is 11.5. The molecule has 1 saturated heterocycles. The number of rotatable bonds is 5. The van der Waals surface area contributed by atoms with Crippen LogP contribution in [-0.4, -0.2) is 48.1 Å². The molecule has 1 atom stereocenters. The number of carbonyl (C=O) groups excluding carboxylic acids is 1. The van der Waals surface area contributed by atoms with Crippen LogP contribution in [-0.2, 0) is 9.59 Å². The Labute approximate surface area is 112 Å². The minimum absolute atomic E-state index is 0.226. The molecule has 1 aliphatic rings. The number of hydrogen-bond donors (Lipinski definition) is 2. The van der Waals surface area contributed by atoms with E-state index in [1.54, 1.807) is 0 Å². The van der Waals surface area contributed by atoms with E-state index < -0.39 is 5.97 Å². The predicted molar refractivity (Wildman–Crippen MR) is 70.9 cm³/mol. The number of aliphatic carboxylic acids is 1. The number of likely N-dealkylation sites (tertiary alicyclic amines) is 1.